The second kappa shape index (κ2) is 5.79. The van der Waals surface area contributed by atoms with Crippen LogP contribution in [0.25, 0.3) is 11.0 Å². The van der Waals surface area contributed by atoms with E-state index in [2.05, 4.69) is 10.3 Å². The van der Waals surface area contributed by atoms with Crippen molar-refractivity contribution in [3.8, 4) is 0 Å². The zero-order chi connectivity index (χ0) is 14.9. The van der Waals surface area contributed by atoms with Gasteiger partial charge >= 0.3 is 0 Å². The summed E-state index contributed by atoms with van der Waals surface area (Å²) in [6.07, 6.45) is 8.57. The molecule has 21 heavy (non-hydrogen) atoms. The van der Waals surface area contributed by atoms with Crippen LogP contribution in [0.2, 0.25) is 5.15 Å². The Hall–Kier alpha value is -1.37. The van der Waals surface area contributed by atoms with Crippen molar-refractivity contribution in [2.75, 3.05) is 6.61 Å². The first kappa shape index (κ1) is 14.6. The Morgan fingerprint density at radius 2 is 2.43 bits per heavy atom. The number of nitrogens with zero attached hydrogens (tertiary/aromatic N) is 2. The van der Waals surface area contributed by atoms with Crippen LogP contribution in [0.3, 0.4) is 0 Å². The monoisotopic (exact) mass is 325 g/mol. The van der Waals surface area contributed by atoms with Gasteiger partial charge in [0, 0.05) is 29.8 Å². The van der Waals surface area contributed by atoms with Crippen molar-refractivity contribution in [3.63, 3.8) is 0 Å². The van der Waals surface area contributed by atoms with Gasteiger partial charge in [-0.05, 0) is 31.8 Å². The van der Waals surface area contributed by atoms with Gasteiger partial charge in [-0.1, -0.05) is 11.6 Å². The van der Waals surface area contributed by atoms with Gasteiger partial charge in [0.1, 0.15) is 0 Å². The number of carbonyl (C=O) groups excluding carboxylic acids is 1. The van der Waals surface area contributed by atoms with Gasteiger partial charge in [0.05, 0.1) is 5.69 Å². The maximum absolute atomic E-state index is 12.1. The number of hydrogen-bond acceptors (Lipinski definition) is 4. The first-order chi connectivity index (χ1) is 10.1. The number of nitrogens with one attached hydrogen (secondary N) is 1. The molecular formula is C14H16ClN3O2S. The molecule has 0 atom stereocenters. The van der Waals surface area contributed by atoms with Gasteiger partial charge in [-0.25, -0.2) is 4.98 Å². The molecule has 0 unspecified atom stereocenters. The Kier molecular flexibility index (Phi) is 4.01. The number of rotatable bonds is 5. The molecule has 1 aliphatic carbocycles. The van der Waals surface area contributed by atoms with E-state index in [-0.39, 0.29) is 18.1 Å². The van der Waals surface area contributed by atoms with Gasteiger partial charge in [0.15, 0.2) is 10.1 Å². The predicted octanol–water partition coefficient (Wildman–Crippen LogP) is 2.48. The molecule has 5 nitrogen and oxygen atoms in total. The molecule has 0 aliphatic heterocycles. The minimum absolute atomic E-state index is 0.0912. The molecule has 0 aromatic carbocycles. The third-order valence-electron chi connectivity index (χ3n) is 3.94. The van der Waals surface area contributed by atoms with Crippen LogP contribution >= 0.6 is 22.9 Å². The molecule has 2 aromatic rings. The van der Waals surface area contributed by atoms with E-state index >= 15 is 0 Å². The zero-order valence-corrected chi connectivity index (χ0v) is 13.0. The molecule has 2 N–H and O–H groups in total. The number of halogens is 1. The first-order valence-corrected chi connectivity index (χ1v) is 8.11. The highest BCUT2D eigenvalue weighted by atomic mass is 35.5. The molecule has 1 saturated carbocycles. The third-order valence-corrected chi connectivity index (χ3v) is 4.97. The Labute approximate surface area is 131 Å². The zero-order valence-electron chi connectivity index (χ0n) is 11.4. The number of hydrogen-bond donors (Lipinski definition) is 2. The molecule has 0 saturated heterocycles. The van der Waals surface area contributed by atoms with Crippen LogP contribution in [0.5, 0.6) is 0 Å². The summed E-state index contributed by atoms with van der Waals surface area (Å²) in [6.45, 7) is 0.0912. The highest BCUT2D eigenvalue weighted by molar-refractivity contribution is 7.15. The molecule has 1 aliphatic rings. The van der Waals surface area contributed by atoms with Crippen LogP contribution in [0, 0.1) is 0 Å². The van der Waals surface area contributed by atoms with Crippen LogP contribution < -0.4 is 5.32 Å². The van der Waals surface area contributed by atoms with Crippen molar-refractivity contribution in [2.45, 2.75) is 31.2 Å². The maximum Gasteiger partial charge on any atom is 0.244 e. The highest BCUT2D eigenvalue weighted by Crippen LogP contribution is 2.34. The van der Waals surface area contributed by atoms with Gasteiger partial charge in [0.2, 0.25) is 5.91 Å². The molecule has 1 amide bonds. The second-order valence-corrected chi connectivity index (χ2v) is 6.50. The largest absolute Gasteiger partial charge is 0.396 e. The summed E-state index contributed by atoms with van der Waals surface area (Å²) in [7, 11) is 0. The number of aliphatic hydroxyl groups is 1. The summed E-state index contributed by atoms with van der Waals surface area (Å²) in [5, 5.41) is 14.4. The fraction of sp³-hybridized carbons (Fsp3) is 0.429. The number of aliphatic hydroxyl groups excluding tert-OH is 1. The second-order valence-electron chi connectivity index (χ2n) is 5.27. The van der Waals surface area contributed by atoms with Crippen molar-refractivity contribution in [3.05, 3.63) is 28.5 Å². The Balaban J connectivity index is 1.72. The van der Waals surface area contributed by atoms with E-state index < -0.39 is 0 Å². The first-order valence-electron chi connectivity index (χ1n) is 6.86. The van der Waals surface area contributed by atoms with E-state index in [0.29, 0.717) is 17.3 Å². The van der Waals surface area contributed by atoms with Crippen LogP contribution in [0.15, 0.2) is 17.7 Å². The predicted molar refractivity (Wildman–Crippen MR) is 83.5 cm³/mol. The molecule has 2 aromatic heterocycles. The molecule has 112 valence electrons. The van der Waals surface area contributed by atoms with E-state index in [1.165, 1.54) is 17.4 Å². The van der Waals surface area contributed by atoms with Gasteiger partial charge in [-0.2, -0.15) is 0 Å². The molecule has 3 rings (SSSR count). The SMILES string of the molecule is O=C(/C=C/c1c(Cl)nc2sccn12)NC1(CCO)CCC1. The van der Waals surface area contributed by atoms with Crippen LogP contribution in [-0.4, -0.2) is 32.5 Å². The highest BCUT2D eigenvalue weighted by Gasteiger charge is 2.37. The average molecular weight is 326 g/mol. The van der Waals surface area contributed by atoms with E-state index in [0.717, 1.165) is 24.2 Å². The lowest BCUT2D eigenvalue weighted by molar-refractivity contribution is -0.119. The molecule has 1 fully saturated rings. The number of imidazole rings is 1. The molecule has 7 heteroatoms. The smallest absolute Gasteiger partial charge is 0.244 e. The van der Waals surface area contributed by atoms with Crippen molar-refractivity contribution < 1.29 is 9.90 Å². The van der Waals surface area contributed by atoms with Crippen LogP contribution in [0.4, 0.5) is 0 Å². The Morgan fingerprint density at radius 3 is 3.10 bits per heavy atom. The average Bonchev–Trinajstić information content (AvgIpc) is 2.95. The Bertz CT molecular complexity index is 688. The third kappa shape index (κ3) is 2.84. The lowest BCUT2D eigenvalue weighted by Crippen LogP contribution is -2.53. The maximum atomic E-state index is 12.1. The lowest BCUT2D eigenvalue weighted by Gasteiger charge is -2.42. The van der Waals surface area contributed by atoms with E-state index in [1.54, 1.807) is 6.08 Å². The van der Waals surface area contributed by atoms with E-state index in [1.807, 2.05) is 16.0 Å². The van der Waals surface area contributed by atoms with Crippen molar-refractivity contribution in [1.82, 2.24) is 14.7 Å². The van der Waals surface area contributed by atoms with Gasteiger partial charge in [0.25, 0.3) is 0 Å². The summed E-state index contributed by atoms with van der Waals surface area (Å²) in [5.41, 5.74) is 0.475. The summed E-state index contributed by atoms with van der Waals surface area (Å²) in [4.78, 5) is 17.1. The lowest BCUT2D eigenvalue weighted by atomic mass is 9.74. The minimum atomic E-state index is -0.227. The van der Waals surface area contributed by atoms with Crippen molar-refractivity contribution >= 4 is 39.9 Å². The number of aromatic nitrogens is 2. The van der Waals surface area contributed by atoms with E-state index in [4.69, 9.17) is 16.7 Å². The molecule has 0 bridgehead atoms. The Morgan fingerprint density at radius 1 is 1.62 bits per heavy atom. The van der Waals surface area contributed by atoms with Gasteiger partial charge in [-0.3, -0.25) is 9.20 Å². The minimum Gasteiger partial charge on any atom is -0.396 e. The molecular weight excluding hydrogens is 310 g/mol. The molecule has 2 heterocycles. The number of thiazole rings is 1. The number of fused-ring (bicyclic) bond motifs is 1. The van der Waals surface area contributed by atoms with Crippen molar-refractivity contribution in [2.24, 2.45) is 0 Å². The fourth-order valence-electron chi connectivity index (χ4n) is 2.64. The summed E-state index contributed by atoms with van der Waals surface area (Å²) in [5.74, 6) is -0.163. The van der Waals surface area contributed by atoms with Crippen LogP contribution in [-0.2, 0) is 4.79 Å². The standard InChI is InChI=1S/C14H16ClN3O2S/c15-12-10(18-7-9-21-13(18)16-12)2-3-11(20)17-14(6-8-19)4-1-5-14/h2-3,7,9,19H,1,4-6,8H2,(H,17,20)/b3-2+. The van der Waals surface area contributed by atoms with Gasteiger partial charge in [-0.15, -0.1) is 11.3 Å². The van der Waals surface area contributed by atoms with Crippen LogP contribution in [0.1, 0.15) is 31.4 Å². The summed E-state index contributed by atoms with van der Waals surface area (Å²) < 4.78 is 1.85. The number of amides is 1. The van der Waals surface area contributed by atoms with Crippen molar-refractivity contribution in [1.29, 1.82) is 0 Å². The molecule has 0 radical (unpaired) electrons. The normalized spacial score (nSPS) is 17.2. The fourth-order valence-corrected chi connectivity index (χ4v) is 3.64. The summed E-state index contributed by atoms with van der Waals surface area (Å²) in [6, 6.07) is 0. The number of carbonyl (C=O) groups is 1. The van der Waals surface area contributed by atoms with E-state index in [9.17, 15) is 4.79 Å². The quantitative estimate of drug-likeness (QED) is 0.830. The van der Waals surface area contributed by atoms with Gasteiger partial charge < -0.3 is 10.4 Å². The summed E-state index contributed by atoms with van der Waals surface area (Å²) >= 11 is 7.56. The molecule has 0 spiro atoms. The topological polar surface area (TPSA) is 66.6 Å².